The van der Waals surface area contributed by atoms with Gasteiger partial charge in [-0.05, 0) is 26.8 Å². The van der Waals surface area contributed by atoms with Gasteiger partial charge in [0.25, 0.3) is 0 Å². The molecule has 8 nitrogen and oxygen atoms in total. The quantitative estimate of drug-likeness (QED) is 0.613. The number of aromatic nitrogens is 1. The molecule has 8 heteroatoms. The zero-order valence-electron chi connectivity index (χ0n) is 13.0. The van der Waals surface area contributed by atoms with E-state index in [1.807, 2.05) is 25.7 Å². The molecule has 1 aliphatic heterocycles. The highest BCUT2D eigenvalue weighted by Gasteiger charge is 2.28. The highest BCUT2D eigenvalue weighted by molar-refractivity contribution is 5.69. The monoisotopic (exact) mass is 308 g/mol. The number of hydrogen-bond donors (Lipinski definition) is 0. The van der Waals surface area contributed by atoms with Gasteiger partial charge in [0.05, 0.1) is 4.92 Å². The average molecular weight is 308 g/mol. The van der Waals surface area contributed by atoms with Gasteiger partial charge in [-0.1, -0.05) is 0 Å². The molecule has 1 aromatic rings. The van der Waals surface area contributed by atoms with E-state index in [0.717, 1.165) is 0 Å². The lowest BCUT2D eigenvalue weighted by atomic mass is 10.2. The minimum Gasteiger partial charge on any atom is -0.444 e. The molecule has 0 saturated carbocycles. The average Bonchev–Trinajstić information content (AvgIpc) is 2.45. The summed E-state index contributed by atoms with van der Waals surface area (Å²) in [4.78, 5) is 29.9. The Morgan fingerprint density at radius 2 is 1.95 bits per heavy atom. The standard InChI is InChI=1S/C14H20N4O4/c1-14(2,3)22-13(19)17-8-6-16(7-9-17)11-4-5-15-10-12(11)18(20)21/h4-5,10H,6-9H2,1-3H3. The molecular formula is C14H20N4O4. The molecule has 1 amide bonds. The number of nitro groups is 1. The Bertz CT molecular complexity index is 562. The number of hydrogen-bond acceptors (Lipinski definition) is 6. The van der Waals surface area contributed by atoms with E-state index >= 15 is 0 Å². The molecule has 1 fully saturated rings. The summed E-state index contributed by atoms with van der Waals surface area (Å²) in [6.45, 7) is 7.43. The highest BCUT2D eigenvalue weighted by Crippen LogP contribution is 2.27. The normalized spacial score (nSPS) is 15.6. The Labute approximate surface area is 128 Å². The van der Waals surface area contributed by atoms with Crippen LogP contribution >= 0.6 is 0 Å². The zero-order valence-corrected chi connectivity index (χ0v) is 13.0. The molecule has 0 spiro atoms. The van der Waals surface area contributed by atoms with Crippen LogP contribution in [0.15, 0.2) is 18.5 Å². The van der Waals surface area contributed by atoms with Gasteiger partial charge >= 0.3 is 11.8 Å². The van der Waals surface area contributed by atoms with E-state index in [1.54, 1.807) is 11.0 Å². The first-order valence-electron chi connectivity index (χ1n) is 7.09. The summed E-state index contributed by atoms with van der Waals surface area (Å²) in [7, 11) is 0. The van der Waals surface area contributed by atoms with Crippen LogP contribution in [0.1, 0.15) is 20.8 Å². The van der Waals surface area contributed by atoms with E-state index in [9.17, 15) is 14.9 Å². The molecule has 1 saturated heterocycles. The molecule has 120 valence electrons. The summed E-state index contributed by atoms with van der Waals surface area (Å²) in [5, 5.41) is 11.0. The maximum absolute atomic E-state index is 12.0. The first-order chi connectivity index (χ1) is 10.3. The van der Waals surface area contributed by atoms with Crippen molar-refractivity contribution in [1.29, 1.82) is 0 Å². The molecule has 1 aliphatic rings. The third kappa shape index (κ3) is 3.84. The van der Waals surface area contributed by atoms with E-state index in [2.05, 4.69) is 4.98 Å². The maximum atomic E-state index is 12.0. The second kappa shape index (κ2) is 6.17. The first-order valence-corrected chi connectivity index (χ1v) is 7.09. The van der Waals surface area contributed by atoms with Crippen molar-refractivity contribution in [2.24, 2.45) is 0 Å². The molecule has 0 radical (unpaired) electrons. The lowest BCUT2D eigenvalue weighted by molar-refractivity contribution is -0.384. The van der Waals surface area contributed by atoms with Crippen molar-refractivity contribution in [2.75, 3.05) is 31.1 Å². The van der Waals surface area contributed by atoms with Crippen molar-refractivity contribution in [3.05, 3.63) is 28.6 Å². The van der Waals surface area contributed by atoms with Crippen LogP contribution in [-0.2, 0) is 4.74 Å². The molecule has 0 aromatic carbocycles. The van der Waals surface area contributed by atoms with Gasteiger partial charge in [-0.3, -0.25) is 15.1 Å². The van der Waals surface area contributed by atoms with Crippen molar-refractivity contribution in [1.82, 2.24) is 9.88 Å². The Hall–Kier alpha value is -2.38. The second-order valence-electron chi connectivity index (χ2n) is 6.08. The number of piperazine rings is 1. The van der Waals surface area contributed by atoms with Gasteiger partial charge in [-0.2, -0.15) is 0 Å². The fraction of sp³-hybridized carbons (Fsp3) is 0.571. The first kappa shape index (κ1) is 16.0. The molecule has 22 heavy (non-hydrogen) atoms. The molecule has 2 rings (SSSR count). The molecule has 0 N–H and O–H groups in total. The number of ether oxygens (including phenoxy) is 1. The van der Waals surface area contributed by atoms with Gasteiger partial charge in [-0.15, -0.1) is 0 Å². The fourth-order valence-corrected chi connectivity index (χ4v) is 2.24. The number of rotatable bonds is 2. The summed E-state index contributed by atoms with van der Waals surface area (Å²) in [6.07, 6.45) is 2.43. The Morgan fingerprint density at radius 3 is 2.50 bits per heavy atom. The van der Waals surface area contributed by atoms with Crippen LogP contribution in [0.25, 0.3) is 0 Å². The number of carbonyl (C=O) groups is 1. The number of carbonyl (C=O) groups excluding carboxylic acids is 1. The van der Waals surface area contributed by atoms with Crippen molar-refractivity contribution in [3.8, 4) is 0 Å². The van der Waals surface area contributed by atoms with E-state index < -0.39 is 10.5 Å². The summed E-state index contributed by atoms with van der Waals surface area (Å²) < 4.78 is 5.33. The Balaban J connectivity index is 2.01. The predicted molar refractivity (Wildman–Crippen MR) is 80.9 cm³/mol. The van der Waals surface area contributed by atoms with Gasteiger partial charge in [0.1, 0.15) is 17.5 Å². The smallest absolute Gasteiger partial charge is 0.410 e. The van der Waals surface area contributed by atoms with Gasteiger partial charge in [0.2, 0.25) is 0 Å². The lowest BCUT2D eigenvalue weighted by Crippen LogP contribution is -2.50. The minimum atomic E-state index is -0.530. The second-order valence-corrected chi connectivity index (χ2v) is 6.08. The van der Waals surface area contributed by atoms with Crippen molar-refractivity contribution < 1.29 is 14.5 Å². The fourth-order valence-electron chi connectivity index (χ4n) is 2.24. The summed E-state index contributed by atoms with van der Waals surface area (Å²) in [6, 6.07) is 1.63. The van der Waals surface area contributed by atoms with Crippen molar-refractivity contribution >= 4 is 17.5 Å². The predicted octanol–water partition coefficient (Wildman–Crippen LogP) is 2.05. The van der Waals surface area contributed by atoms with Crippen LogP contribution in [0.5, 0.6) is 0 Å². The summed E-state index contributed by atoms with van der Waals surface area (Å²) >= 11 is 0. The molecule has 0 aliphatic carbocycles. The van der Waals surface area contributed by atoms with Gasteiger partial charge in [-0.25, -0.2) is 4.79 Å². The van der Waals surface area contributed by atoms with E-state index in [0.29, 0.717) is 31.9 Å². The van der Waals surface area contributed by atoms with Crippen LogP contribution in [0.2, 0.25) is 0 Å². The zero-order chi connectivity index (χ0) is 16.3. The third-order valence-electron chi connectivity index (χ3n) is 3.25. The van der Waals surface area contributed by atoms with Gasteiger partial charge in [0.15, 0.2) is 0 Å². The summed E-state index contributed by atoms with van der Waals surface area (Å²) in [5.74, 6) is 0. The molecule has 0 unspecified atom stereocenters. The minimum absolute atomic E-state index is 0.0202. The van der Waals surface area contributed by atoms with Crippen LogP contribution in [0.4, 0.5) is 16.2 Å². The molecule has 2 heterocycles. The molecule has 0 bridgehead atoms. The van der Waals surface area contributed by atoms with Gasteiger partial charge < -0.3 is 14.5 Å². The van der Waals surface area contributed by atoms with E-state index in [1.165, 1.54) is 12.4 Å². The summed E-state index contributed by atoms with van der Waals surface area (Å²) in [5.41, 5.74) is -0.0185. The largest absolute Gasteiger partial charge is 0.444 e. The molecule has 0 atom stereocenters. The highest BCUT2D eigenvalue weighted by atomic mass is 16.6. The molecule has 1 aromatic heterocycles. The van der Waals surface area contributed by atoms with Crippen LogP contribution < -0.4 is 4.90 Å². The van der Waals surface area contributed by atoms with Crippen LogP contribution in [0, 0.1) is 10.1 Å². The lowest BCUT2D eigenvalue weighted by Gasteiger charge is -2.36. The molecular weight excluding hydrogens is 288 g/mol. The number of amides is 1. The van der Waals surface area contributed by atoms with Crippen molar-refractivity contribution in [3.63, 3.8) is 0 Å². The Kier molecular flexibility index (Phi) is 4.48. The third-order valence-corrected chi connectivity index (χ3v) is 3.25. The number of pyridine rings is 1. The number of nitrogens with zero attached hydrogens (tertiary/aromatic N) is 4. The van der Waals surface area contributed by atoms with Crippen LogP contribution in [0.3, 0.4) is 0 Å². The Morgan fingerprint density at radius 1 is 1.32 bits per heavy atom. The van der Waals surface area contributed by atoms with E-state index in [-0.39, 0.29) is 11.8 Å². The van der Waals surface area contributed by atoms with Crippen LogP contribution in [-0.4, -0.2) is 52.7 Å². The SMILES string of the molecule is CC(C)(C)OC(=O)N1CCN(c2ccncc2[N+](=O)[O-])CC1. The topological polar surface area (TPSA) is 88.8 Å². The van der Waals surface area contributed by atoms with Gasteiger partial charge in [0, 0.05) is 32.4 Å². The van der Waals surface area contributed by atoms with Crippen molar-refractivity contribution in [2.45, 2.75) is 26.4 Å². The number of anilines is 1. The van der Waals surface area contributed by atoms with E-state index in [4.69, 9.17) is 4.74 Å². The maximum Gasteiger partial charge on any atom is 0.410 e.